The van der Waals surface area contributed by atoms with E-state index in [4.69, 9.17) is 0 Å². The third-order valence-corrected chi connectivity index (χ3v) is 3.07. The molecular formula is C9H13F3N2O. The number of nitrogens with zero attached hydrogens (tertiary/aromatic N) is 1. The van der Waals surface area contributed by atoms with Crippen LogP contribution in [0.2, 0.25) is 0 Å². The van der Waals surface area contributed by atoms with Crippen LogP contribution in [0.1, 0.15) is 12.8 Å². The molecule has 0 spiro atoms. The Hall–Kier alpha value is -0.780. The van der Waals surface area contributed by atoms with E-state index >= 15 is 0 Å². The average Bonchev–Trinajstić information content (AvgIpc) is 2.56. The maximum atomic E-state index is 12.0. The van der Waals surface area contributed by atoms with Gasteiger partial charge in [-0.1, -0.05) is 0 Å². The maximum Gasteiger partial charge on any atom is 0.397 e. The van der Waals surface area contributed by atoms with Gasteiger partial charge in [-0.3, -0.25) is 4.79 Å². The van der Waals surface area contributed by atoms with Crippen LogP contribution < -0.4 is 5.32 Å². The highest BCUT2D eigenvalue weighted by Gasteiger charge is 2.41. The molecule has 2 fully saturated rings. The number of hydrogen-bond donors (Lipinski definition) is 1. The molecule has 2 aliphatic heterocycles. The molecule has 2 heterocycles. The molecule has 3 nitrogen and oxygen atoms in total. The summed E-state index contributed by atoms with van der Waals surface area (Å²) in [6.07, 6.45) is -4.75. The minimum Gasteiger partial charge on any atom is -0.340 e. The summed E-state index contributed by atoms with van der Waals surface area (Å²) in [5, 5.41) is 3.19. The Morgan fingerprint density at radius 3 is 2.73 bits per heavy atom. The minimum atomic E-state index is -4.39. The highest BCUT2D eigenvalue weighted by atomic mass is 19.4. The molecule has 2 atom stereocenters. The number of carbonyl (C=O) groups is 1. The van der Waals surface area contributed by atoms with Crippen molar-refractivity contribution in [1.82, 2.24) is 10.2 Å². The van der Waals surface area contributed by atoms with Crippen LogP contribution >= 0.6 is 0 Å². The lowest BCUT2D eigenvalue weighted by Crippen LogP contribution is -2.36. The monoisotopic (exact) mass is 222 g/mol. The van der Waals surface area contributed by atoms with E-state index in [1.807, 2.05) is 0 Å². The first-order valence-electron chi connectivity index (χ1n) is 5.03. The molecule has 86 valence electrons. The molecule has 0 aromatic carbocycles. The normalized spacial score (nSPS) is 30.7. The molecule has 0 aromatic heterocycles. The molecule has 2 saturated heterocycles. The summed E-state index contributed by atoms with van der Waals surface area (Å²) in [5.41, 5.74) is 0. The number of carbonyl (C=O) groups excluding carboxylic acids is 1. The van der Waals surface area contributed by atoms with Crippen LogP contribution in [0, 0.1) is 5.92 Å². The van der Waals surface area contributed by atoms with E-state index in [9.17, 15) is 18.0 Å². The number of halogens is 3. The SMILES string of the molecule is O=C(CC(F)(F)F)N1C[C@@H]2CCN[C@@H]2C1. The van der Waals surface area contributed by atoms with Crippen LogP contribution in [0.15, 0.2) is 0 Å². The minimum absolute atomic E-state index is 0.210. The van der Waals surface area contributed by atoms with Crippen LogP contribution in [0.4, 0.5) is 13.2 Å². The Morgan fingerprint density at radius 1 is 1.40 bits per heavy atom. The summed E-state index contributed by atoms with van der Waals surface area (Å²) in [6, 6.07) is 0.210. The van der Waals surface area contributed by atoms with Crippen LogP contribution in [0.25, 0.3) is 0 Å². The Labute approximate surface area is 85.6 Å². The maximum absolute atomic E-state index is 12.0. The fraction of sp³-hybridized carbons (Fsp3) is 0.889. The molecular weight excluding hydrogens is 209 g/mol. The van der Waals surface area contributed by atoms with Crippen molar-refractivity contribution in [1.29, 1.82) is 0 Å². The molecule has 2 aliphatic rings. The van der Waals surface area contributed by atoms with E-state index in [2.05, 4.69) is 5.32 Å². The Balaban J connectivity index is 1.88. The van der Waals surface area contributed by atoms with Crippen LogP contribution in [-0.4, -0.2) is 42.7 Å². The van der Waals surface area contributed by atoms with E-state index in [0.717, 1.165) is 13.0 Å². The third-order valence-electron chi connectivity index (χ3n) is 3.07. The first kappa shape index (κ1) is 10.7. The zero-order valence-electron chi connectivity index (χ0n) is 8.18. The zero-order chi connectivity index (χ0) is 11.1. The van der Waals surface area contributed by atoms with Gasteiger partial charge in [0.15, 0.2) is 0 Å². The Kier molecular flexibility index (Phi) is 2.62. The van der Waals surface area contributed by atoms with Gasteiger partial charge in [0.05, 0.1) is 0 Å². The quantitative estimate of drug-likeness (QED) is 0.710. The number of rotatable bonds is 1. The number of alkyl halides is 3. The van der Waals surface area contributed by atoms with Gasteiger partial charge in [-0.15, -0.1) is 0 Å². The van der Waals surface area contributed by atoms with Gasteiger partial charge in [0.1, 0.15) is 6.42 Å². The van der Waals surface area contributed by atoms with Crippen molar-refractivity contribution in [2.45, 2.75) is 25.1 Å². The number of fused-ring (bicyclic) bond motifs is 1. The van der Waals surface area contributed by atoms with E-state index in [1.54, 1.807) is 0 Å². The molecule has 0 saturated carbocycles. The predicted octanol–water partition coefficient (Wildman–Crippen LogP) is 0.759. The highest BCUT2D eigenvalue weighted by molar-refractivity contribution is 5.77. The molecule has 0 aliphatic carbocycles. The molecule has 1 amide bonds. The van der Waals surface area contributed by atoms with Gasteiger partial charge in [0.2, 0.25) is 5.91 Å². The molecule has 0 bridgehead atoms. The van der Waals surface area contributed by atoms with E-state index in [-0.39, 0.29) is 6.04 Å². The largest absolute Gasteiger partial charge is 0.397 e. The fourth-order valence-electron chi connectivity index (χ4n) is 2.34. The van der Waals surface area contributed by atoms with Gasteiger partial charge in [0.25, 0.3) is 0 Å². The third kappa shape index (κ3) is 2.42. The second-order valence-electron chi connectivity index (χ2n) is 4.20. The molecule has 2 rings (SSSR count). The Morgan fingerprint density at radius 2 is 2.13 bits per heavy atom. The smallest absolute Gasteiger partial charge is 0.340 e. The van der Waals surface area contributed by atoms with E-state index < -0.39 is 18.5 Å². The lowest BCUT2D eigenvalue weighted by molar-refractivity contribution is -0.160. The average molecular weight is 222 g/mol. The number of amides is 1. The summed E-state index contributed by atoms with van der Waals surface area (Å²) >= 11 is 0. The number of likely N-dealkylation sites (tertiary alicyclic amines) is 1. The predicted molar refractivity (Wildman–Crippen MR) is 47.1 cm³/mol. The fourth-order valence-corrected chi connectivity index (χ4v) is 2.34. The number of hydrogen-bond acceptors (Lipinski definition) is 2. The van der Waals surface area contributed by atoms with Crippen LogP contribution in [0.3, 0.4) is 0 Å². The lowest BCUT2D eigenvalue weighted by atomic mass is 10.1. The van der Waals surface area contributed by atoms with Crippen molar-refractivity contribution in [2.24, 2.45) is 5.92 Å². The van der Waals surface area contributed by atoms with Gasteiger partial charge < -0.3 is 10.2 Å². The lowest BCUT2D eigenvalue weighted by Gasteiger charge is -2.18. The van der Waals surface area contributed by atoms with E-state index in [0.29, 0.717) is 19.0 Å². The molecule has 0 unspecified atom stereocenters. The van der Waals surface area contributed by atoms with Crippen molar-refractivity contribution in [3.05, 3.63) is 0 Å². The van der Waals surface area contributed by atoms with E-state index in [1.165, 1.54) is 4.90 Å². The standard InChI is InChI=1S/C9H13F3N2O/c10-9(11,12)3-8(15)14-4-6-1-2-13-7(6)5-14/h6-7,13H,1-5H2/t6-,7+/m0/s1. The first-order valence-corrected chi connectivity index (χ1v) is 5.03. The Bertz CT molecular complexity index is 255. The van der Waals surface area contributed by atoms with Gasteiger partial charge in [0, 0.05) is 19.1 Å². The van der Waals surface area contributed by atoms with Crippen molar-refractivity contribution >= 4 is 5.91 Å². The van der Waals surface area contributed by atoms with Crippen LogP contribution in [-0.2, 0) is 4.79 Å². The summed E-state index contributed by atoms with van der Waals surface area (Å²) in [7, 11) is 0. The summed E-state index contributed by atoms with van der Waals surface area (Å²) < 4.78 is 36.0. The summed E-state index contributed by atoms with van der Waals surface area (Å²) in [6.45, 7) is 1.82. The molecule has 6 heteroatoms. The second-order valence-corrected chi connectivity index (χ2v) is 4.20. The number of nitrogens with one attached hydrogen (secondary N) is 1. The van der Waals surface area contributed by atoms with Crippen molar-refractivity contribution in [3.63, 3.8) is 0 Å². The van der Waals surface area contributed by atoms with Crippen molar-refractivity contribution in [2.75, 3.05) is 19.6 Å². The van der Waals surface area contributed by atoms with Gasteiger partial charge in [-0.25, -0.2) is 0 Å². The zero-order valence-corrected chi connectivity index (χ0v) is 8.18. The van der Waals surface area contributed by atoms with Gasteiger partial charge in [-0.2, -0.15) is 13.2 Å². The first-order chi connectivity index (χ1) is 6.96. The summed E-state index contributed by atoms with van der Waals surface area (Å²) in [5.74, 6) is -0.444. The molecule has 0 aromatic rings. The molecule has 1 N–H and O–H groups in total. The second kappa shape index (κ2) is 3.66. The summed E-state index contributed by atoms with van der Waals surface area (Å²) in [4.78, 5) is 12.6. The molecule has 0 radical (unpaired) electrons. The van der Waals surface area contributed by atoms with Crippen LogP contribution in [0.5, 0.6) is 0 Å². The van der Waals surface area contributed by atoms with Crippen molar-refractivity contribution in [3.8, 4) is 0 Å². The topological polar surface area (TPSA) is 32.3 Å². The highest BCUT2D eigenvalue weighted by Crippen LogP contribution is 2.27. The van der Waals surface area contributed by atoms with Gasteiger partial charge in [-0.05, 0) is 18.9 Å². The molecule has 15 heavy (non-hydrogen) atoms. The van der Waals surface area contributed by atoms with Gasteiger partial charge >= 0.3 is 6.18 Å². The van der Waals surface area contributed by atoms with Crippen molar-refractivity contribution < 1.29 is 18.0 Å².